The molecular formula is C14H19N. The molecule has 3 rings (SSSR count). The van der Waals surface area contributed by atoms with Gasteiger partial charge in [-0.1, -0.05) is 36.8 Å². The van der Waals surface area contributed by atoms with E-state index in [1.54, 1.807) is 5.56 Å². The third kappa shape index (κ3) is 1.81. The van der Waals surface area contributed by atoms with Crippen LogP contribution >= 0.6 is 0 Å². The quantitative estimate of drug-likeness (QED) is 0.675. The number of rotatable bonds is 1. The molecule has 0 saturated carbocycles. The van der Waals surface area contributed by atoms with Crippen LogP contribution in [-0.4, -0.2) is 24.0 Å². The Bertz CT molecular complexity index is 305. The second kappa shape index (κ2) is 3.97. The SMILES string of the molecule is c1ccc(C2CC3CCCCN3C2)cc1. The van der Waals surface area contributed by atoms with Gasteiger partial charge >= 0.3 is 0 Å². The van der Waals surface area contributed by atoms with Crippen LogP contribution in [0.5, 0.6) is 0 Å². The standard InChI is InChI=1S/C14H19N/c1-2-6-12(7-3-1)13-10-14-8-4-5-9-15(14)11-13/h1-3,6-7,13-14H,4-5,8-11H2. The highest BCUT2D eigenvalue weighted by Gasteiger charge is 2.33. The molecule has 0 amide bonds. The topological polar surface area (TPSA) is 3.24 Å². The molecule has 0 radical (unpaired) electrons. The van der Waals surface area contributed by atoms with E-state index in [-0.39, 0.29) is 0 Å². The van der Waals surface area contributed by atoms with Crippen molar-refractivity contribution in [2.75, 3.05) is 13.1 Å². The molecule has 2 atom stereocenters. The summed E-state index contributed by atoms with van der Waals surface area (Å²) in [7, 11) is 0. The molecule has 0 bridgehead atoms. The summed E-state index contributed by atoms with van der Waals surface area (Å²) in [5, 5.41) is 0. The summed E-state index contributed by atoms with van der Waals surface area (Å²) in [6, 6.07) is 11.9. The molecule has 1 nitrogen and oxygen atoms in total. The fraction of sp³-hybridized carbons (Fsp3) is 0.571. The first-order chi connectivity index (χ1) is 7.43. The van der Waals surface area contributed by atoms with Crippen molar-refractivity contribution in [3.8, 4) is 0 Å². The molecule has 15 heavy (non-hydrogen) atoms. The lowest BCUT2D eigenvalue weighted by molar-refractivity contribution is 0.197. The molecule has 2 fully saturated rings. The summed E-state index contributed by atoms with van der Waals surface area (Å²) in [5.74, 6) is 0.800. The Morgan fingerprint density at radius 1 is 1.07 bits per heavy atom. The van der Waals surface area contributed by atoms with Gasteiger partial charge in [-0.15, -0.1) is 0 Å². The summed E-state index contributed by atoms with van der Waals surface area (Å²) in [5.41, 5.74) is 1.55. The zero-order chi connectivity index (χ0) is 10.1. The second-order valence-electron chi connectivity index (χ2n) is 4.99. The van der Waals surface area contributed by atoms with Crippen LogP contribution in [0.4, 0.5) is 0 Å². The van der Waals surface area contributed by atoms with Crippen molar-refractivity contribution < 1.29 is 0 Å². The number of nitrogens with zero attached hydrogens (tertiary/aromatic N) is 1. The number of piperidine rings is 1. The van der Waals surface area contributed by atoms with Crippen LogP contribution in [0.1, 0.15) is 37.2 Å². The molecule has 0 N–H and O–H groups in total. The molecule has 2 aliphatic rings. The van der Waals surface area contributed by atoms with Gasteiger partial charge in [-0.2, -0.15) is 0 Å². The highest BCUT2D eigenvalue weighted by molar-refractivity contribution is 5.21. The predicted molar refractivity (Wildman–Crippen MR) is 63.0 cm³/mol. The molecule has 2 saturated heterocycles. The van der Waals surface area contributed by atoms with Gasteiger partial charge in [0.05, 0.1) is 0 Å². The summed E-state index contributed by atoms with van der Waals surface area (Å²) in [4.78, 5) is 2.71. The lowest BCUT2D eigenvalue weighted by Gasteiger charge is -2.28. The predicted octanol–water partition coefficient (Wildman–Crippen LogP) is 3.03. The van der Waals surface area contributed by atoms with Gasteiger partial charge in [0.2, 0.25) is 0 Å². The number of hydrogen-bond acceptors (Lipinski definition) is 1. The van der Waals surface area contributed by atoms with E-state index in [0.717, 1.165) is 12.0 Å². The van der Waals surface area contributed by atoms with E-state index in [2.05, 4.69) is 35.2 Å². The Balaban J connectivity index is 1.75. The van der Waals surface area contributed by atoms with E-state index < -0.39 is 0 Å². The van der Waals surface area contributed by atoms with E-state index >= 15 is 0 Å². The Hall–Kier alpha value is -0.820. The number of benzene rings is 1. The smallest absolute Gasteiger partial charge is 0.0102 e. The molecule has 0 aromatic heterocycles. The van der Waals surface area contributed by atoms with Gasteiger partial charge in [0, 0.05) is 12.6 Å². The fourth-order valence-corrected chi connectivity index (χ4v) is 3.22. The van der Waals surface area contributed by atoms with Crippen LogP contribution in [0, 0.1) is 0 Å². The molecule has 2 heterocycles. The molecule has 80 valence electrons. The first kappa shape index (κ1) is 9.41. The first-order valence-electron chi connectivity index (χ1n) is 6.22. The van der Waals surface area contributed by atoms with Crippen molar-refractivity contribution >= 4 is 0 Å². The number of fused-ring (bicyclic) bond motifs is 1. The minimum absolute atomic E-state index is 0.800. The maximum atomic E-state index is 2.71. The number of hydrogen-bond donors (Lipinski definition) is 0. The summed E-state index contributed by atoms with van der Waals surface area (Å²) in [6.45, 7) is 2.64. The zero-order valence-corrected chi connectivity index (χ0v) is 9.23. The van der Waals surface area contributed by atoms with Gasteiger partial charge in [0.1, 0.15) is 0 Å². The van der Waals surface area contributed by atoms with Crippen molar-refractivity contribution in [3.63, 3.8) is 0 Å². The Morgan fingerprint density at radius 3 is 2.73 bits per heavy atom. The van der Waals surface area contributed by atoms with Crippen LogP contribution in [0.25, 0.3) is 0 Å². The van der Waals surface area contributed by atoms with Crippen molar-refractivity contribution in [3.05, 3.63) is 35.9 Å². The second-order valence-corrected chi connectivity index (χ2v) is 4.99. The maximum Gasteiger partial charge on any atom is 0.0102 e. The molecule has 0 aliphatic carbocycles. The molecule has 1 aromatic carbocycles. The minimum Gasteiger partial charge on any atom is -0.300 e. The molecule has 0 spiro atoms. The Kier molecular flexibility index (Phi) is 2.49. The molecule has 1 aromatic rings. The first-order valence-corrected chi connectivity index (χ1v) is 6.22. The van der Waals surface area contributed by atoms with Crippen LogP contribution in [-0.2, 0) is 0 Å². The fourth-order valence-electron chi connectivity index (χ4n) is 3.22. The lowest BCUT2D eigenvalue weighted by Crippen LogP contribution is -2.33. The summed E-state index contributed by atoms with van der Waals surface area (Å²) >= 11 is 0. The Morgan fingerprint density at radius 2 is 1.93 bits per heavy atom. The van der Waals surface area contributed by atoms with Crippen molar-refractivity contribution in [1.82, 2.24) is 4.90 Å². The van der Waals surface area contributed by atoms with Crippen LogP contribution in [0.15, 0.2) is 30.3 Å². The average Bonchev–Trinajstić information content (AvgIpc) is 2.74. The third-order valence-electron chi connectivity index (χ3n) is 4.03. The van der Waals surface area contributed by atoms with Gasteiger partial charge in [0.15, 0.2) is 0 Å². The normalized spacial score (nSPS) is 31.5. The van der Waals surface area contributed by atoms with Crippen LogP contribution in [0.2, 0.25) is 0 Å². The molecule has 2 aliphatic heterocycles. The molecular weight excluding hydrogens is 182 g/mol. The van der Waals surface area contributed by atoms with Crippen molar-refractivity contribution in [2.45, 2.75) is 37.6 Å². The van der Waals surface area contributed by atoms with Crippen LogP contribution < -0.4 is 0 Å². The van der Waals surface area contributed by atoms with Crippen molar-refractivity contribution in [1.29, 1.82) is 0 Å². The van der Waals surface area contributed by atoms with E-state index in [9.17, 15) is 0 Å². The largest absolute Gasteiger partial charge is 0.300 e. The third-order valence-corrected chi connectivity index (χ3v) is 4.03. The van der Waals surface area contributed by atoms with Crippen molar-refractivity contribution in [2.24, 2.45) is 0 Å². The van der Waals surface area contributed by atoms with Gasteiger partial charge in [-0.3, -0.25) is 4.90 Å². The van der Waals surface area contributed by atoms with E-state index in [1.807, 2.05) is 0 Å². The van der Waals surface area contributed by atoms with Gasteiger partial charge in [-0.25, -0.2) is 0 Å². The highest BCUT2D eigenvalue weighted by Crippen LogP contribution is 2.35. The van der Waals surface area contributed by atoms with Crippen LogP contribution in [0.3, 0.4) is 0 Å². The van der Waals surface area contributed by atoms with E-state index in [0.29, 0.717) is 0 Å². The summed E-state index contributed by atoms with van der Waals surface area (Å²) in [6.07, 6.45) is 5.69. The summed E-state index contributed by atoms with van der Waals surface area (Å²) < 4.78 is 0. The van der Waals surface area contributed by atoms with Gasteiger partial charge < -0.3 is 0 Å². The van der Waals surface area contributed by atoms with Gasteiger partial charge in [-0.05, 0) is 37.3 Å². The highest BCUT2D eigenvalue weighted by atomic mass is 15.2. The maximum absolute atomic E-state index is 2.71. The van der Waals surface area contributed by atoms with Gasteiger partial charge in [0.25, 0.3) is 0 Å². The zero-order valence-electron chi connectivity index (χ0n) is 9.23. The minimum atomic E-state index is 0.800. The Labute approximate surface area is 92.1 Å². The molecule has 2 unspecified atom stereocenters. The van der Waals surface area contributed by atoms with E-state index in [1.165, 1.54) is 38.8 Å². The lowest BCUT2D eigenvalue weighted by atomic mass is 9.94. The molecule has 1 heteroatoms. The average molecular weight is 201 g/mol. The van der Waals surface area contributed by atoms with E-state index in [4.69, 9.17) is 0 Å². The monoisotopic (exact) mass is 201 g/mol.